The molecular weight excluding hydrogens is 328 g/mol. The number of hydrogen-bond acceptors (Lipinski definition) is 5. The smallest absolute Gasteiger partial charge is 0.115 e. The van der Waals surface area contributed by atoms with Crippen molar-refractivity contribution < 1.29 is 10.2 Å². The number of aromatic nitrogens is 3. The molecule has 2 aromatic carbocycles. The van der Waals surface area contributed by atoms with Gasteiger partial charge in [0.25, 0.3) is 0 Å². The van der Waals surface area contributed by atoms with Crippen molar-refractivity contribution in [3.63, 3.8) is 0 Å². The Morgan fingerprint density at radius 3 is 2.46 bits per heavy atom. The quantitative estimate of drug-likeness (QED) is 0.756. The van der Waals surface area contributed by atoms with Gasteiger partial charge in [0.1, 0.15) is 11.5 Å². The van der Waals surface area contributed by atoms with E-state index in [-0.39, 0.29) is 5.75 Å². The van der Waals surface area contributed by atoms with Crippen LogP contribution in [0.15, 0.2) is 54.7 Å². The number of rotatable bonds is 4. The van der Waals surface area contributed by atoms with Crippen LogP contribution >= 0.6 is 0 Å². The number of nitrogens with zero attached hydrogens (tertiary/aromatic N) is 4. The van der Waals surface area contributed by atoms with E-state index in [1.165, 1.54) is 5.56 Å². The van der Waals surface area contributed by atoms with E-state index in [1.54, 1.807) is 22.9 Å². The van der Waals surface area contributed by atoms with E-state index in [0.29, 0.717) is 11.7 Å². The zero-order valence-corrected chi connectivity index (χ0v) is 14.5. The number of aromatic hydroxyl groups is 2. The number of piperidine rings is 1. The molecule has 0 bridgehead atoms. The van der Waals surface area contributed by atoms with Crippen LogP contribution in [-0.4, -0.2) is 43.2 Å². The third kappa shape index (κ3) is 3.70. The van der Waals surface area contributed by atoms with Gasteiger partial charge in [-0.15, -0.1) is 5.10 Å². The Labute approximate surface area is 152 Å². The molecule has 1 fully saturated rings. The van der Waals surface area contributed by atoms with E-state index >= 15 is 0 Å². The molecule has 0 amide bonds. The second-order valence-electron chi connectivity index (χ2n) is 6.82. The molecule has 1 saturated heterocycles. The summed E-state index contributed by atoms with van der Waals surface area (Å²) in [7, 11) is 0. The maximum absolute atomic E-state index is 9.66. The lowest BCUT2D eigenvalue weighted by Gasteiger charge is -2.31. The van der Waals surface area contributed by atoms with Gasteiger partial charge in [-0.25, -0.2) is 4.68 Å². The molecule has 0 unspecified atom stereocenters. The monoisotopic (exact) mass is 350 g/mol. The normalized spacial score (nSPS) is 16.0. The van der Waals surface area contributed by atoms with Gasteiger partial charge in [-0.1, -0.05) is 17.3 Å². The van der Waals surface area contributed by atoms with E-state index in [2.05, 4.69) is 21.3 Å². The highest BCUT2D eigenvalue weighted by molar-refractivity contribution is 5.36. The predicted octanol–water partition coefficient (Wildman–Crippen LogP) is 3.06. The molecule has 0 radical (unpaired) electrons. The zero-order valence-electron chi connectivity index (χ0n) is 14.5. The van der Waals surface area contributed by atoms with Crippen LogP contribution in [-0.2, 0) is 6.54 Å². The highest BCUT2D eigenvalue weighted by atomic mass is 16.3. The van der Waals surface area contributed by atoms with Crippen LogP contribution in [0.2, 0.25) is 0 Å². The van der Waals surface area contributed by atoms with Gasteiger partial charge in [0.2, 0.25) is 0 Å². The van der Waals surface area contributed by atoms with Crippen molar-refractivity contribution in [2.24, 2.45) is 0 Å². The number of benzene rings is 2. The molecule has 2 heterocycles. The molecule has 134 valence electrons. The molecule has 1 aromatic heterocycles. The lowest BCUT2D eigenvalue weighted by molar-refractivity contribution is 0.202. The standard InChI is InChI=1S/C20H22N4O2/c25-19-6-4-18(5-7-19)24-14-17(21-22-24)13-23-10-8-15(9-11-23)16-2-1-3-20(26)12-16/h1-7,12,14-15,25-26H,8-11,13H2. The fourth-order valence-electron chi connectivity index (χ4n) is 3.53. The molecule has 0 atom stereocenters. The summed E-state index contributed by atoms with van der Waals surface area (Å²) in [4.78, 5) is 2.39. The second kappa shape index (κ2) is 7.17. The van der Waals surface area contributed by atoms with Crippen molar-refractivity contribution in [2.75, 3.05) is 13.1 Å². The first-order valence-electron chi connectivity index (χ1n) is 8.89. The molecule has 0 aliphatic carbocycles. The Kier molecular flexibility index (Phi) is 4.58. The summed E-state index contributed by atoms with van der Waals surface area (Å²) >= 11 is 0. The van der Waals surface area contributed by atoms with E-state index in [0.717, 1.165) is 43.9 Å². The van der Waals surface area contributed by atoms with Crippen LogP contribution in [0.5, 0.6) is 11.5 Å². The molecular formula is C20H22N4O2. The number of phenols is 2. The van der Waals surface area contributed by atoms with Crippen molar-refractivity contribution in [3.8, 4) is 17.2 Å². The number of hydrogen-bond donors (Lipinski definition) is 2. The molecule has 4 rings (SSSR count). The van der Waals surface area contributed by atoms with Crippen LogP contribution in [0, 0.1) is 0 Å². The lowest BCUT2D eigenvalue weighted by Crippen LogP contribution is -2.32. The van der Waals surface area contributed by atoms with Crippen LogP contribution in [0.1, 0.15) is 30.0 Å². The first-order chi connectivity index (χ1) is 12.7. The zero-order chi connectivity index (χ0) is 17.9. The Bertz CT molecular complexity index is 868. The van der Waals surface area contributed by atoms with Crippen LogP contribution in [0.25, 0.3) is 5.69 Å². The minimum Gasteiger partial charge on any atom is -0.508 e. The molecule has 6 nitrogen and oxygen atoms in total. The maximum Gasteiger partial charge on any atom is 0.115 e. The summed E-state index contributed by atoms with van der Waals surface area (Å²) in [6, 6.07) is 14.5. The first-order valence-corrected chi connectivity index (χ1v) is 8.89. The van der Waals surface area contributed by atoms with Crippen LogP contribution in [0.4, 0.5) is 0 Å². The minimum atomic E-state index is 0.240. The van der Waals surface area contributed by atoms with Crippen molar-refractivity contribution in [1.82, 2.24) is 19.9 Å². The number of phenolic OH excluding ortho intramolecular Hbond substituents is 2. The van der Waals surface area contributed by atoms with Gasteiger partial charge in [-0.05, 0) is 73.8 Å². The molecule has 1 aliphatic rings. The third-order valence-electron chi connectivity index (χ3n) is 4.97. The van der Waals surface area contributed by atoms with Gasteiger partial charge in [0.05, 0.1) is 17.6 Å². The maximum atomic E-state index is 9.66. The average molecular weight is 350 g/mol. The molecule has 0 saturated carbocycles. The van der Waals surface area contributed by atoms with E-state index < -0.39 is 0 Å². The summed E-state index contributed by atoms with van der Waals surface area (Å²) in [5.74, 6) is 1.09. The summed E-state index contributed by atoms with van der Waals surface area (Å²) < 4.78 is 1.73. The van der Waals surface area contributed by atoms with Gasteiger partial charge in [-0.3, -0.25) is 4.90 Å². The average Bonchev–Trinajstić information content (AvgIpc) is 3.11. The van der Waals surface area contributed by atoms with Crippen molar-refractivity contribution in [2.45, 2.75) is 25.3 Å². The molecule has 6 heteroatoms. The molecule has 3 aromatic rings. The summed E-state index contributed by atoms with van der Waals surface area (Å²) in [6.07, 6.45) is 4.10. The fourth-order valence-corrected chi connectivity index (χ4v) is 3.53. The topological polar surface area (TPSA) is 74.4 Å². The highest BCUT2D eigenvalue weighted by Gasteiger charge is 2.21. The van der Waals surface area contributed by atoms with Crippen LogP contribution < -0.4 is 0 Å². The van der Waals surface area contributed by atoms with Crippen molar-refractivity contribution in [1.29, 1.82) is 0 Å². The van der Waals surface area contributed by atoms with Gasteiger partial charge < -0.3 is 10.2 Å². The SMILES string of the molecule is Oc1ccc(-n2cc(CN3CCC(c4cccc(O)c4)CC3)nn2)cc1. The predicted molar refractivity (Wildman–Crippen MR) is 98.4 cm³/mol. The third-order valence-corrected chi connectivity index (χ3v) is 4.97. The molecule has 0 spiro atoms. The number of likely N-dealkylation sites (tertiary alicyclic amines) is 1. The first kappa shape index (κ1) is 16.6. The summed E-state index contributed by atoms with van der Waals surface area (Å²) in [5.41, 5.74) is 3.04. The summed E-state index contributed by atoms with van der Waals surface area (Å²) in [6.45, 7) is 2.80. The van der Waals surface area contributed by atoms with Crippen LogP contribution in [0.3, 0.4) is 0 Å². The Hall–Kier alpha value is -2.86. The van der Waals surface area contributed by atoms with E-state index in [4.69, 9.17) is 0 Å². The Morgan fingerprint density at radius 2 is 1.73 bits per heavy atom. The Balaban J connectivity index is 1.35. The van der Waals surface area contributed by atoms with Gasteiger partial charge in [-0.2, -0.15) is 0 Å². The molecule has 1 aliphatic heterocycles. The second-order valence-corrected chi connectivity index (χ2v) is 6.82. The molecule has 2 N–H and O–H groups in total. The molecule has 26 heavy (non-hydrogen) atoms. The van der Waals surface area contributed by atoms with Gasteiger partial charge in [0, 0.05) is 6.54 Å². The van der Waals surface area contributed by atoms with Gasteiger partial charge in [0.15, 0.2) is 0 Å². The van der Waals surface area contributed by atoms with E-state index in [1.807, 2.05) is 30.5 Å². The minimum absolute atomic E-state index is 0.240. The highest BCUT2D eigenvalue weighted by Crippen LogP contribution is 2.30. The Morgan fingerprint density at radius 1 is 0.962 bits per heavy atom. The summed E-state index contributed by atoms with van der Waals surface area (Å²) in [5, 5.41) is 27.5. The van der Waals surface area contributed by atoms with Crippen molar-refractivity contribution in [3.05, 3.63) is 66.0 Å². The fraction of sp³-hybridized carbons (Fsp3) is 0.300. The van der Waals surface area contributed by atoms with E-state index in [9.17, 15) is 10.2 Å². The van der Waals surface area contributed by atoms with Crippen molar-refractivity contribution >= 4 is 0 Å². The largest absolute Gasteiger partial charge is 0.508 e. The lowest BCUT2D eigenvalue weighted by atomic mass is 9.89. The van der Waals surface area contributed by atoms with Gasteiger partial charge >= 0.3 is 0 Å².